The quantitative estimate of drug-likeness (QED) is 0.467. The van der Waals surface area contributed by atoms with Crippen molar-refractivity contribution in [3.8, 4) is 0 Å². The third-order valence-electron chi connectivity index (χ3n) is 0.927. The molecule has 0 saturated heterocycles. The molecule has 11 heavy (non-hydrogen) atoms. The van der Waals surface area contributed by atoms with Gasteiger partial charge in [0.1, 0.15) is 0 Å². The first-order chi connectivity index (χ1) is 5.41. The largest absolute Gasteiger partial charge is 0.386 e. The molecule has 0 unspecified atom stereocenters. The molecule has 0 aliphatic rings. The Morgan fingerprint density at radius 2 is 1.00 bits per heavy atom. The van der Waals surface area contributed by atoms with Crippen molar-refractivity contribution in [2.75, 3.05) is 34.9 Å². The monoisotopic (exact) mass is 214 g/mol. The molecule has 0 amide bonds. The predicted octanol–water partition coefficient (Wildman–Crippen LogP) is 1.09. The molecule has 5 heteroatoms. The lowest BCUT2D eigenvalue weighted by Crippen LogP contribution is -1.90. The molecule has 0 bridgehead atoms. The number of thioether (sulfide) groups is 3. The number of hydrogen-bond donors (Lipinski definition) is 2. The summed E-state index contributed by atoms with van der Waals surface area (Å²) in [5.41, 5.74) is 0. The highest BCUT2D eigenvalue weighted by molar-refractivity contribution is 8.04. The molecule has 0 atom stereocenters. The molecule has 0 aliphatic carbocycles. The molecule has 0 aromatic rings. The van der Waals surface area contributed by atoms with Gasteiger partial charge in [-0.25, -0.2) is 0 Å². The maximum Gasteiger partial charge on any atom is 0.0886 e. The maximum atomic E-state index is 8.42. The van der Waals surface area contributed by atoms with Gasteiger partial charge >= 0.3 is 0 Å². The molecule has 2 N–H and O–H groups in total. The van der Waals surface area contributed by atoms with Crippen LogP contribution in [0, 0.1) is 0 Å². The summed E-state index contributed by atoms with van der Waals surface area (Å²) >= 11 is 4.97. The fourth-order valence-electron chi connectivity index (χ4n) is 0.467. The fraction of sp³-hybridized carbons (Fsp3) is 1.00. The van der Waals surface area contributed by atoms with E-state index < -0.39 is 0 Å². The topological polar surface area (TPSA) is 40.5 Å². The van der Waals surface area contributed by atoms with Crippen LogP contribution in [0.1, 0.15) is 0 Å². The van der Waals surface area contributed by atoms with Crippen LogP contribution in [0.4, 0.5) is 0 Å². The summed E-state index contributed by atoms with van der Waals surface area (Å²) in [4.78, 5) is 0. The Hall–Kier alpha value is 0.970. The van der Waals surface area contributed by atoms with E-state index in [1.807, 2.05) is 11.8 Å². The summed E-state index contributed by atoms with van der Waals surface area (Å²) in [5.74, 6) is 4.68. The number of hydrogen-bond acceptors (Lipinski definition) is 5. The lowest BCUT2D eigenvalue weighted by atomic mass is 10.9. The van der Waals surface area contributed by atoms with Crippen LogP contribution in [0.5, 0.6) is 0 Å². The first-order valence-electron chi connectivity index (χ1n) is 3.36. The molecule has 2 nitrogen and oxygen atoms in total. The highest BCUT2D eigenvalue weighted by atomic mass is 32.2. The van der Waals surface area contributed by atoms with Crippen molar-refractivity contribution in [2.45, 2.75) is 0 Å². The van der Waals surface area contributed by atoms with Gasteiger partial charge in [0.25, 0.3) is 0 Å². The summed E-state index contributed by atoms with van der Waals surface area (Å²) < 4.78 is 0. The first kappa shape index (κ1) is 12.0. The lowest BCUT2D eigenvalue weighted by Gasteiger charge is -1.98. The molecule has 0 spiro atoms. The molecule has 0 aromatic carbocycles. The van der Waals surface area contributed by atoms with Gasteiger partial charge in [-0.05, 0) is 0 Å². The van der Waals surface area contributed by atoms with Crippen LogP contribution in [0.25, 0.3) is 0 Å². The number of aliphatic hydroxyl groups is 2. The standard InChI is InChI=1S/C6H14O2S3/c7-5-10-3-1-9-2-4-11-6-8/h7-8H,1-6H2. The molecular formula is C6H14O2S3. The smallest absolute Gasteiger partial charge is 0.0886 e. The minimum atomic E-state index is 0.228. The van der Waals surface area contributed by atoms with Crippen molar-refractivity contribution in [3.05, 3.63) is 0 Å². The zero-order valence-electron chi connectivity index (χ0n) is 6.36. The molecule has 0 aliphatic heterocycles. The van der Waals surface area contributed by atoms with Gasteiger partial charge < -0.3 is 10.2 Å². The highest BCUT2D eigenvalue weighted by Crippen LogP contribution is 2.08. The van der Waals surface area contributed by atoms with E-state index in [4.69, 9.17) is 10.2 Å². The van der Waals surface area contributed by atoms with Gasteiger partial charge in [-0.2, -0.15) is 11.8 Å². The zero-order chi connectivity index (χ0) is 8.36. The summed E-state index contributed by atoms with van der Waals surface area (Å²) in [6.45, 7) is 0. The molecule has 68 valence electrons. The summed E-state index contributed by atoms with van der Waals surface area (Å²) in [5, 5.41) is 16.8. The van der Waals surface area contributed by atoms with Gasteiger partial charge in [0.2, 0.25) is 0 Å². The van der Waals surface area contributed by atoms with Crippen molar-refractivity contribution in [1.82, 2.24) is 0 Å². The Morgan fingerprint density at radius 1 is 0.636 bits per heavy atom. The third kappa shape index (κ3) is 11.0. The van der Waals surface area contributed by atoms with Crippen LogP contribution in [0.15, 0.2) is 0 Å². The van der Waals surface area contributed by atoms with Gasteiger partial charge in [0.05, 0.1) is 11.9 Å². The van der Waals surface area contributed by atoms with Crippen molar-refractivity contribution < 1.29 is 10.2 Å². The Balaban J connectivity index is 2.69. The SMILES string of the molecule is OCSCCSCCSCO. The van der Waals surface area contributed by atoms with E-state index >= 15 is 0 Å². The van der Waals surface area contributed by atoms with E-state index in [1.165, 1.54) is 0 Å². The van der Waals surface area contributed by atoms with Crippen molar-refractivity contribution in [2.24, 2.45) is 0 Å². The van der Waals surface area contributed by atoms with Gasteiger partial charge in [0.15, 0.2) is 0 Å². The Morgan fingerprint density at radius 3 is 1.36 bits per heavy atom. The van der Waals surface area contributed by atoms with Gasteiger partial charge in [0, 0.05) is 23.0 Å². The molecule has 0 rings (SSSR count). The third-order valence-corrected chi connectivity index (χ3v) is 3.78. The van der Waals surface area contributed by atoms with E-state index in [-0.39, 0.29) is 11.9 Å². The fourth-order valence-corrected chi connectivity index (χ4v) is 2.81. The summed E-state index contributed by atoms with van der Waals surface area (Å²) in [6, 6.07) is 0. The van der Waals surface area contributed by atoms with Crippen molar-refractivity contribution in [1.29, 1.82) is 0 Å². The summed E-state index contributed by atoms with van der Waals surface area (Å²) in [7, 11) is 0. The molecule has 0 heterocycles. The molecule has 0 aromatic heterocycles. The van der Waals surface area contributed by atoms with Crippen molar-refractivity contribution in [3.63, 3.8) is 0 Å². The van der Waals surface area contributed by atoms with Gasteiger partial charge in [-0.15, -0.1) is 23.5 Å². The van der Waals surface area contributed by atoms with E-state index in [0.29, 0.717) is 0 Å². The molecule has 0 saturated carbocycles. The Labute approximate surface area is 80.5 Å². The number of rotatable bonds is 8. The molecular weight excluding hydrogens is 200 g/mol. The summed E-state index contributed by atoms with van der Waals surface area (Å²) in [6.07, 6.45) is 0. The second-order valence-corrected chi connectivity index (χ2v) is 5.06. The highest BCUT2D eigenvalue weighted by Gasteiger charge is 1.89. The van der Waals surface area contributed by atoms with Crippen LogP contribution < -0.4 is 0 Å². The Bertz CT molecular complexity index is 64.8. The van der Waals surface area contributed by atoms with Crippen LogP contribution in [0.2, 0.25) is 0 Å². The zero-order valence-corrected chi connectivity index (χ0v) is 8.81. The van der Waals surface area contributed by atoms with E-state index in [0.717, 1.165) is 23.0 Å². The normalized spacial score (nSPS) is 10.4. The van der Waals surface area contributed by atoms with Gasteiger partial charge in [-0.1, -0.05) is 0 Å². The molecule has 0 fully saturated rings. The van der Waals surface area contributed by atoms with E-state index in [2.05, 4.69) is 0 Å². The first-order valence-corrected chi connectivity index (χ1v) is 6.83. The minimum absolute atomic E-state index is 0.228. The average molecular weight is 214 g/mol. The average Bonchev–Trinajstić information content (AvgIpc) is 2.03. The number of aliphatic hydroxyl groups excluding tert-OH is 2. The van der Waals surface area contributed by atoms with Crippen LogP contribution >= 0.6 is 35.3 Å². The van der Waals surface area contributed by atoms with Gasteiger partial charge in [-0.3, -0.25) is 0 Å². The molecule has 0 radical (unpaired) electrons. The lowest BCUT2D eigenvalue weighted by molar-refractivity contribution is 0.375. The van der Waals surface area contributed by atoms with E-state index in [1.54, 1.807) is 23.5 Å². The van der Waals surface area contributed by atoms with Crippen LogP contribution in [0.3, 0.4) is 0 Å². The van der Waals surface area contributed by atoms with Crippen molar-refractivity contribution >= 4 is 35.3 Å². The second kappa shape index (κ2) is 11.0. The van der Waals surface area contributed by atoms with Crippen LogP contribution in [-0.2, 0) is 0 Å². The maximum absolute atomic E-state index is 8.42. The minimum Gasteiger partial charge on any atom is -0.386 e. The van der Waals surface area contributed by atoms with Crippen LogP contribution in [-0.4, -0.2) is 45.1 Å². The van der Waals surface area contributed by atoms with E-state index in [9.17, 15) is 0 Å². The second-order valence-electron chi connectivity index (χ2n) is 1.69. The predicted molar refractivity (Wildman–Crippen MR) is 56.4 cm³/mol. The Kier molecular flexibility index (Phi) is 11.9.